The largest absolute Gasteiger partial charge is 0.463 e. The van der Waals surface area contributed by atoms with Crippen LogP contribution in [0.4, 0.5) is 0 Å². The fourth-order valence-electron chi connectivity index (χ4n) is 0.837. The quantitative estimate of drug-likeness (QED) is 0.557. The van der Waals surface area contributed by atoms with Gasteiger partial charge in [0.15, 0.2) is 0 Å². The highest BCUT2D eigenvalue weighted by Crippen LogP contribution is 2.21. The van der Waals surface area contributed by atoms with Crippen molar-refractivity contribution in [2.45, 2.75) is 40.2 Å². The van der Waals surface area contributed by atoms with Gasteiger partial charge in [-0.1, -0.05) is 26.8 Å². The van der Waals surface area contributed by atoms with E-state index >= 15 is 0 Å². The Bertz CT molecular complexity index is 201. The van der Waals surface area contributed by atoms with E-state index in [1.165, 1.54) is 6.08 Å². The zero-order chi connectivity index (χ0) is 11.2. The molecule has 82 valence electrons. The highest BCUT2D eigenvalue weighted by atomic mass is 16.5. The topological polar surface area (TPSA) is 46.5 Å². The number of hydrogen-bond acceptors (Lipinski definition) is 3. The Morgan fingerprint density at radius 1 is 1.50 bits per heavy atom. The monoisotopic (exact) mass is 200 g/mol. The van der Waals surface area contributed by atoms with E-state index in [4.69, 9.17) is 4.74 Å². The maximum absolute atomic E-state index is 10.9. The van der Waals surface area contributed by atoms with Crippen LogP contribution in [0.1, 0.15) is 34.1 Å². The van der Waals surface area contributed by atoms with Gasteiger partial charge >= 0.3 is 5.97 Å². The van der Waals surface area contributed by atoms with Crippen molar-refractivity contribution in [1.82, 2.24) is 0 Å². The van der Waals surface area contributed by atoms with E-state index in [9.17, 15) is 9.90 Å². The van der Waals surface area contributed by atoms with Gasteiger partial charge in [-0.05, 0) is 18.8 Å². The Morgan fingerprint density at radius 3 is 2.50 bits per heavy atom. The van der Waals surface area contributed by atoms with Gasteiger partial charge in [-0.3, -0.25) is 0 Å². The molecule has 14 heavy (non-hydrogen) atoms. The Morgan fingerprint density at radius 2 is 2.07 bits per heavy atom. The first kappa shape index (κ1) is 13.2. The molecule has 0 unspecified atom stereocenters. The van der Waals surface area contributed by atoms with Gasteiger partial charge in [0.1, 0.15) is 0 Å². The Hall–Kier alpha value is -0.830. The maximum atomic E-state index is 10.9. The predicted molar refractivity (Wildman–Crippen MR) is 55.9 cm³/mol. The third-order valence-electron chi connectivity index (χ3n) is 1.90. The van der Waals surface area contributed by atoms with Crippen molar-refractivity contribution in [1.29, 1.82) is 0 Å². The lowest BCUT2D eigenvalue weighted by molar-refractivity contribution is -0.137. The minimum absolute atomic E-state index is 0.154. The highest BCUT2D eigenvalue weighted by molar-refractivity contribution is 5.81. The summed E-state index contributed by atoms with van der Waals surface area (Å²) in [5.41, 5.74) is -0.154. The summed E-state index contributed by atoms with van der Waals surface area (Å²) in [5, 5.41) is 9.63. The molecule has 0 aromatic carbocycles. The standard InChI is InChI=1S/C11H20O3/c1-5-14-10(13)8-6-7-9(12)11(2,3)4/h6,8-9,12H,5,7H2,1-4H3/b8-6+/t9-/m1/s1. The number of aliphatic hydroxyl groups excluding tert-OH is 1. The zero-order valence-electron chi connectivity index (χ0n) is 9.41. The smallest absolute Gasteiger partial charge is 0.330 e. The van der Waals surface area contributed by atoms with Crippen LogP contribution in [0.5, 0.6) is 0 Å². The van der Waals surface area contributed by atoms with Gasteiger partial charge in [0, 0.05) is 6.08 Å². The average Bonchev–Trinajstić information content (AvgIpc) is 2.02. The number of carbonyl (C=O) groups excluding carboxylic acids is 1. The minimum atomic E-state index is -0.437. The third-order valence-corrected chi connectivity index (χ3v) is 1.90. The van der Waals surface area contributed by atoms with Gasteiger partial charge in [-0.15, -0.1) is 0 Å². The average molecular weight is 200 g/mol. The summed E-state index contributed by atoms with van der Waals surface area (Å²) in [6.45, 7) is 8.00. The van der Waals surface area contributed by atoms with Crippen molar-refractivity contribution in [2.75, 3.05) is 6.61 Å². The van der Waals surface area contributed by atoms with Crippen LogP contribution in [-0.4, -0.2) is 23.8 Å². The molecule has 0 aromatic rings. The third kappa shape index (κ3) is 5.75. The zero-order valence-corrected chi connectivity index (χ0v) is 9.41. The van der Waals surface area contributed by atoms with Crippen LogP contribution in [0.25, 0.3) is 0 Å². The summed E-state index contributed by atoms with van der Waals surface area (Å²) in [6, 6.07) is 0. The first-order valence-electron chi connectivity index (χ1n) is 4.89. The molecular formula is C11H20O3. The minimum Gasteiger partial charge on any atom is -0.463 e. The molecule has 0 spiro atoms. The van der Waals surface area contributed by atoms with E-state index in [0.717, 1.165) is 0 Å². The normalized spacial score (nSPS) is 14.4. The molecule has 3 nitrogen and oxygen atoms in total. The highest BCUT2D eigenvalue weighted by Gasteiger charge is 2.20. The molecule has 0 aliphatic rings. The number of ether oxygens (including phenoxy) is 1. The second-order valence-electron chi connectivity index (χ2n) is 4.27. The SMILES string of the molecule is CCOC(=O)/C=C/C[C@@H](O)C(C)(C)C. The summed E-state index contributed by atoms with van der Waals surface area (Å²) in [5.74, 6) is -0.353. The molecule has 0 heterocycles. The summed E-state index contributed by atoms with van der Waals surface area (Å²) < 4.78 is 4.70. The van der Waals surface area contributed by atoms with Gasteiger partial charge < -0.3 is 9.84 Å². The molecule has 0 amide bonds. The Kier molecular flexibility index (Phi) is 5.46. The number of carbonyl (C=O) groups is 1. The Balaban J connectivity index is 3.88. The summed E-state index contributed by atoms with van der Waals surface area (Å²) >= 11 is 0. The van der Waals surface area contributed by atoms with Crippen LogP contribution in [0.15, 0.2) is 12.2 Å². The van der Waals surface area contributed by atoms with Crippen LogP contribution >= 0.6 is 0 Å². The maximum Gasteiger partial charge on any atom is 0.330 e. The van der Waals surface area contributed by atoms with Gasteiger partial charge in [-0.2, -0.15) is 0 Å². The first-order chi connectivity index (χ1) is 6.38. The molecule has 0 aliphatic heterocycles. The van der Waals surface area contributed by atoms with Crippen LogP contribution in [0.2, 0.25) is 0 Å². The summed E-state index contributed by atoms with van der Waals surface area (Å²) in [6.07, 6.45) is 3.04. The fraction of sp³-hybridized carbons (Fsp3) is 0.727. The molecule has 0 saturated heterocycles. The number of rotatable bonds is 4. The van der Waals surface area contributed by atoms with Crippen LogP contribution in [0.3, 0.4) is 0 Å². The lowest BCUT2D eigenvalue weighted by atomic mass is 9.87. The van der Waals surface area contributed by atoms with Gasteiger partial charge in [0.2, 0.25) is 0 Å². The van der Waals surface area contributed by atoms with E-state index in [2.05, 4.69) is 0 Å². The number of esters is 1. The van der Waals surface area contributed by atoms with Crippen LogP contribution in [-0.2, 0) is 9.53 Å². The lowest BCUT2D eigenvalue weighted by Gasteiger charge is -2.24. The first-order valence-corrected chi connectivity index (χ1v) is 4.89. The number of hydrogen-bond donors (Lipinski definition) is 1. The molecule has 0 bridgehead atoms. The van der Waals surface area contributed by atoms with Crippen molar-refractivity contribution in [3.05, 3.63) is 12.2 Å². The molecule has 0 radical (unpaired) electrons. The molecule has 0 fully saturated rings. The van der Waals surface area contributed by atoms with E-state index in [-0.39, 0.29) is 11.4 Å². The van der Waals surface area contributed by atoms with Crippen molar-refractivity contribution in [3.63, 3.8) is 0 Å². The van der Waals surface area contributed by atoms with Crippen molar-refractivity contribution >= 4 is 5.97 Å². The molecule has 1 N–H and O–H groups in total. The fourth-order valence-corrected chi connectivity index (χ4v) is 0.837. The summed E-state index contributed by atoms with van der Waals surface area (Å²) in [4.78, 5) is 10.9. The molecule has 0 rings (SSSR count). The van der Waals surface area contributed by atoms with E-state index in [0.29, 0.717) is 13.0 Å². The number of aliphatic hydroxyl groups is 1. The molecule has 3 heteroatoms. The molecular weight excluding hydrogens is 180 g/mol. The second kappa shape index (κ2) is 5.81. The second-order valence-corrected chi connectivity index (χ2v) is 4.27. The van der Waals surface area contributed by atoms with Crippen molar-refractivity contribution < 1.29 is 14.6 Å². The molecule has 1 atom stereocenters. The van der Waals surface area contributed by atoms with Crippen LogP contribution in [0, 0.1) is 5.41 Å². The summed E-state index contributed by atoms with van der Waals surface area (Å²) in [7, 11) is 0. The van der Waals surface area contributed by atoms with Gasteiger partial charge in [-0.25, -0.2) is 4.79 Å². The lowest BCUT2D eigenvalue weighted by Crippen LogP contribution is -2.25. The molecule has 0 saturated carbocycles. The Labute approximate surface area is 85.8 Å². The predicted octanol–water partition coefficient (Wildman–Crippen LogP) is 1.90. The molecule has 0 aromatic heterocycles. The van der Waals surface area contributed by atoms with Crippen LogP contribution < -0.4 is 0 Å². The van der Waals surface area contributed by atoms with E-state index < -0.39 is 6.10 Å². The van der Waals surface area contributed by atoms with E-state index in [1.54, 1.807) is 13.0 Å². The van der Waals surface area contributed by atoms with Crippen molar-refractivity contribution in [2.24, 2.45) is 5.41 Å². The molecule has 0 aliphatic carbocycles. The van der Waals surface area contributed by atoms with Gasteiger partial charge in [0.05, 0.1) is 12.7 Å². The van der Waals surface area contributed by atoms with E-state index in [1.807, 2.05) is 20.8 Å². The van der Waals surface area contributed by atoms with Gasteiger partial charge in [0.25, 0.3) is 0 Å². The van der Waals surface area contributed by atoms with Crippen molar-refractivity contribution in [3.8, 4) is 0 Å².